The second-order valence-electron chi connectivity index (χ2n) is 7.88. The highest BCUT2D eigenvalue weighted by molar-refractivity contribution is 6.05. The minimum Gasteiger partial charge on any atom is -0.497 e. The van der Waals surface area contributed by atoms with Crippen molar-refractivity contribution in [1.29, 1.82) is 0 Å². The lowest BCUT2D eigenvalue weighted by molar-refractivity contribution is -0.145. The first-order chi connectivity index (χ1) is 17.6. The van der Waals surface area contributed by atoms with Gasteiger partial charge >= 0.3 is 18.5 Å². The van der Waals surface area contributed by atoms with Crippen LogP contribution in [0.15, 0.2) is 60.7 Å². The average Bonchev–Trinajstić information content (AvgIpc) is 3.22. The van der Waals surface area contributed by atoms with E-state index in [0.29, 0.717) is 0 Å². The molecule has 0 aliphatic carbocycles. The number of imidazole rings is 1. The topological polar surface area (TPSA) is 56.1 Å². The van der Waals surface area contributed by atoms with Crippen LogP contribution in [0, 0.1) is 0 Å². The second kappa shape index (κ2) is 9.26. The number of benzene rings is 3. The molecule has 0 saturated carbocycles. The molecule has 38 heavy (non-hydrogen) atoms. The molecular formula is C24H14F9N3O2. The minimum absolute atomic E-state index is 0.0294. The van der Waals surface area contributed by atoms with Crippen LogP contribution in [-0.2, 0) is 18.5 Å². The highest BCUT2D eigenvalue weighted by Crippen LogP contribution is 2.38. The van der Waals surface area contributed by atoms with Crippen LogP contribution in [0.3, 0.4) is 0 Å². The monoisotopic (exact) mass is 547 g/mol. The molecule has 0 atom stereocenters. The number of fused-ring (bicyclic) bond motifs is 1. The lowest BCUT2D eigenvalue weighted by Crippen LogP contribution is -2.20. The molecule has 0 aliphatic rings. The number of halogens is 9. The first kappa shape index (κ1) is 26.8. The Balaban J connectivity index is 1.70. The van der Waals surface area contributed by atoms with Gasteiger partial charge in [0.15, 0.2) is 0 Å². The first-order valence-electron chi connectivity index (χ1n) is 10.4. The summed E-state index contributed by atoms with van der Waals surface area (Å²) in [6, 6.07) is 8.93. The van der Waals surface area contributed by atoms with Crippen molar-refractivity contribution in [2.24, 2.45) is 0 Å². The van der Waals surface area contributed by atoms with Crippen molar-refractivity contribution in [2.45, 2.75) is 18.5 Å². The zero-order valence-electron chi connectivity index (χ0n) is 18.9. The quantitative estimate of drug-likeness (QED) is 0.272. The van der Waals surface area contributed by atoms with E-state index in [1.54, 1.807) is 0 Å². The van der Waals surface area contributed by atoms with Gasteiger partial charge in [0.1, 0.15) is 5.75 Å². The molecule has 4 rings (SSSR count). The number of ether oxygens (including phenoxy) is 1. The minimum atomic E-state index is -5.13. The summed E-state index contributed by atoms with van der Waals surface area (Å²) in [6.07, 6.45) is -15.0. The van der Waals surface area contributed by atoms with Gasteiger partial charge in [0.25, 0.3) is 5.91 Å². The van der Waals surface area contributed by atoms with Gasteiger partial charge < -0.3 is 10.1 Å². The summed E-state index contributed by atoms with van der Waals surface area (Å²) in [5, 5.41) is 2.05. The molecule has 4 aromatic rings. The molecule has 1 amide bonds. The van der Waals surface area contributed by atoms with Crippen molar-refractivity contribution in [1.82, 2.24) is 9.55 Å². The SMILES string of the molecule is COc1ccc2c(c1)nc(C(F)(F)F)n2-c1ccc(NC(=O)c2cc(C(F)(F)F)ccc2C(F)(F)F)cc1. The second-order valence-corrected chi connectivity index (χ2v) is 7.88. The van der Waals surface area contributed by atoms with E-state index in [0.717, 1.165) is 28.8 Å². The zero-order chi connectivity index (χ0) is 28.0. The van der Waals surface area contributed by atoms with Gasteiger partial charge in [-0.25, -0.2) is 4.98 Å². The number of nitrogens with zero attached hydrogens (tertiary/aromatic N) is 2. The van der Waals surface area contributed by atoms with E-state index in [2.05, 4.69) is 4.98 Å². The van der Waals surface area contributed by atoms with Gasteiger partial charge in [-0.1, -0.05) is 0 Å². The Labute approximate surface area is 207 Å². The number of alkyl halides is 9. The summed E-state index contributed by atoms with van der Waals surface area (Å²) in [5.74, 6) is -2.49. The van der Waals surface area contributed by atoms with E-state index in [9.17, 15) is 44.3 Å². The molecule has 14 heteroatoms. The number of nitrogens with one attached hydrogen (secondary N) is 1. The van der Waals surface area contributed by atoms with Crippen LogP contribution in [0.2, 0.25) is 0 Å². The number of anilines is 1. The normalized spacial score (nSPS) is 12.6. The van der Waals surface area contributed by atoms with Gasteiger partial charge in [0.05, 0.1) is 34.8 Å². The number of carbonyl (C=O) groups is 1. The van der Waals surface area contributed by atoms with Crippen molar-refractivity contribution < 1.29 is 49.0 Å². The maximum Gasteiger partial charge on any atom is 0.450 e. The van der Waals surface area contributed by atoms with Crippen LogP contribution in [0.1, 0.15) is 27.3 Å². The molecule has 0 saturated heterocycles. The van der Waals surface area contributed by atoms with Crippen LogP contribution in [-0.4, -0.2) is 22.6 Å². The van der Waals surface area contributed by atoms with Crippen LogP contribution < -0.4 is 10.1 Å². The Hall–Kier alpha value is -4.23. The summed E-state index contributed by atoms with van der Waals surface area (Å²) in [6.45, 7) is 0. The summed E-state index contributed by atoms with van der Waals surface area (Å²) < 4.78 is 126. The third kappa shape index (κ3) is 5.24. The van der Waals surface area contributed by atoms with E-state index in [1.165, 1.54) is 25.3 Å². The Morgan fingerprint density at radius 3 is 2.03 bits per heavy atom. The van der Waals surface area contributed by atoms with Crippen LogP contribution >= 0.6 is 0 Å². The van der Waals surface area contributed by atoms with E-state index in [1.807, 2.05) is 5.32 Å². The molecule has 0 unspecified atom stereocenters. The van der Waals surface area contributed by atoms with Crippen LogP contribution in [0.4, 0.5) is 45.2 Å². The molecule has 5 nitrogen and oxygen atoms in total. The Morgan fingerprint density at radius 2 is 1.47 bits per heavy atom. The Kier molecular flexibility index (Phi) is 6.54. The first-order valence-corrected chi connectivity index (χ1v) is 10.4. The lowest BCUT2D eigenvalue weighted by Gasteiger charge is -2.16. The number of hydrogen-bond acceptors (Lipinski definition) is 3. The van der Waals surface area contributed by atoms with Crippen molar-refractivity contribution in [2.75, 3.05) is 12.4 Å². The van der Waals surface area contributed by atoms with Gasteiger partial charge in [0, 0.05) is 17.4 Å². The third-order valence-corrected chi connectivity index (χ3v) is 5.40. The van der Waals surface area contributed by atoms with Crippen LogP contribution in [0.25, 0.3) is 16.7 Å². The van der Waals surface area contributed by atoms with Gasteiger partial charge in [-0.3, -0.25) is 9.36 Å². The predicted molar refractivity (Wildman–Crippen MR) is 117 cm³/mol. The molecule has 0 bridgehead atoms. The number of aromatic nitrogens is 2. The molecule has 0 fully saturated rings. The molecule has 1 heterocycles. The third-order valence-electron chi connectivity index (χ3n) is 5.40. The number of amides is 1. The molecule has 0 radical (unpaired) electrons. The fourth-order valence-corrected chi connectivity index (χ4v) is 3.69. The molecule has 0 aliphatic heterocycles. The van der Waals surface area contributed by atoms with Gasteiger partial charge in [-0.15, -0.1) is 0 Å². The van der Waals surface area contributed by atoms with Gasteiger partial charge in [-0.2, -0.15) is 39.5 Å². The lowest BCUT2D eigenvalue weighted by atomic mass is 10.0. The summed E-state index contributed by atoms with van der Waals surface area (Å²) in [4.78, 5) is 16.2. The Morgan fingerprint density at radius 1 is 0.816 bits per heavy atom. The van der Waals surface area contributed by atoms with E-state index in [-0.39, 0.29) is 46.4 Å². The van der Waals surface area contributed by atoms with E-state index >= 15 is 0 Å². The fourth-order valence-electron chi connectivity index (χ4n) is 3.69. The smallest absolute Gasteiger partial charge is 0.450 e. The van der Waals surface area contributed by atoms with Crippen molar-refractivity contribution in [3.8, 4) is 11.4 Å². The van der Waals surface area contributed by atoms with Crippen molar-refractivity contribution in [3.63, 3.8) is 0 Å². The summed E-state index contributed by atoms with van der Waals surface area (Å²) in [7, 11) is 1.33. The Bertz CT molecular complexity index is 1500. The number of hydrogen-bond donors (Lipinski definition) is 1. The predicted octanol–water partition coefficient (Wildman–Crippen LogP) is 7.34. The largest absolute Gasteiger partial charge is 0.497 e. The van der Waals surface area contributed by atoms with Gasteiger partial charge in [-0.05, 0) is 54.6 Å². The van der Waals surface area contributed by atoms with Gasteiger partial charge in [0.2, 0.25) is 5.82 Å². The summed E-state index contributed by atoms with van der Waals surface area (Å²) in [5.41, 5.74) is -4.52. The standard InChI is InChI=1S/C24H14F9N3O2/c1-38-15-7-9-19-18(11-15)35-21(24(31,32)33)36(19)14-5-3-13(4-6-14)34-20(37)16-10-12(22(25,26)27)2-8-17(16)23(28,29)30/h2-11H,1H3,(H,34,37). The fraction of sp³-hybridized carbons (Fsp3) is 0.167. The van der Waals surface area contributed by atoms with E-state index in [4.69, 9.17) is 4.74 Å². The number of rotatable bonds is 4. The maximum atomic E-state index is 13.7. The zero-order valence-corrected chi connectivity index (χ0v) is 18.9. The summed E-state index contributed by atoms with van der Waals surface area (Å²) >= 11 is 0. The van der Waals surface area contributed by atoms with Crippen LogP contribution in [0.5, 0.6) is 5.75 Å². The molecule has 0 spiro atoms. The van der Waals surface area contributed by atoms with Crippen molar-refractivity contribution in [3.05, 3.63) is 83.2 Å². The highest BCUT2D eigenvalue weighted by atomic mass is 19.4. The maximum absolute atomic E-state index is 13.7. The van der Waals surface area contributed by atoms with Crippen molar-refractivity contribution >= 4 is 22.6 Å². The molecule has 1 aromatic heterocycles. The number of methoxy groups -OCH3 is 1. The highest BCUT2D eigenvalue weighted by Gasteiger charge is 2.39. The molecular weight excluding hydrogens is 533 g/mol. The molecule has 200 valence electrons. The molecule has 3 aromatic carbocycles. The number of carbonyl (C=O) groups excluding carboxylic acids is 1. The van der Waals surface area contributed by atoms with E-state index < -0.39 is 47.0 Å². The molecule has 1 N–H and O–H groups in total. The average molecular weight is 547 g/mol.